The van der Waals surface area contributed by atoms with E-state index in [1.54, 1.807) is 12.1 Å². The molecule has 0 unspecified atom stereocenters. The summed E-state index contributed by atoms with van der Waals surface area (Å²) in [4.78, 5) is 0.342. The van der Waals surface area contributed by atoms with Gasteiger partial charge in [-0.2, -0.15) is 4.31 Å². The molecular weight excluding hydrogens is 286 g/mol. The Labute approximate surface area is 127 Å². The number of aliphatic hydroxyl groups excluding tert-OH is 1. The van der Waals surface area contributed by atoms with Crippen molar-refractivity contribution in [2.75, 3.05) is 13.1 Å². The molecule has 0 radical (unpaired) electrons. The smallest absolute Gasteiger partial charge is 0.243 e. The third kappa shape index (κ3) is 3.47. The van der Waals surface area contributed by atoms with Gasteiger partial charge in [-0.25, -0.2) is 8.42 Å². The molecule has 1 heterocycles. The van der Waals surface area contributed by atoms with Gasteiger partial charge in [0.2, 0.25) is 10.0 Å². The molecule has 0 atom stereocenters. The van der Waals surface area contributed by atoms with Gasteiger partial charge >= 0.3 is 0 Å². The second kappa shape index (κ2) is 6.07. The quantitative estimate of drug-likeness (QED) is 0.929. The summed E-state index contributed by atoms with van der Waals surface area (Å²) in [5.74, 6) is 0. The number of aliphatic hydroxyl groups is 1. The molecule has 1 aliphatic rings. The van der Waals surface area contributed by atoms with Crippen LogP contribution in [-0.2, 0) is 15.4 Å². The van der Waals surface area contributed by atoms with Gasteiger partial charge in [0.05, 0.1) is 11.0 Å². The molecule has 0 saturated carbocycles. The Morgan fingerprint density at radius 1 is 1.19 bits per heavy atom. The molecule has 1 aliphatic heterocycles. The van der Waals surface area contributed by atoms with Crippen molar-refractivity contribution in [3.8, 4) is 0 Å². The highest BCUT2D eigenvalue weighted by atomic mass is 32.2. The summed E-state index contributed by atoms with van der Waals surface area (Å²) < 4.78 is 26.6. The van der Waals surface area contributed by atoms with Gasteiger partial charge in [0.25, 0.3) is 0 Å². The number of benzene rings is 1. The van der Waals surface area contributed by atoms with Crippen LogP contribution in [0.15, 0.2) is 29.2 Å². The van der Waals surface area contributed by atoms with Crippen molar-refractivity contribution < 1.29 is 13.5 Å². The van der Waals surface area contributed by atoms with Crippen molar-refractivity contribution in [1.82, 2.24) is 4.31 Å². The van der Waals surface area contributed by atoms with Crippen molar-refractivity contribution in [1.29, 1.82) is 0 Å². The molecule has 0 bridgehead atoms. The van der Waals surface area contributed by atoms with E-state index in [0.717, 1.165) is 12.0 Å². The zero-order valence-corrected chi connectivity index (χ0v) is 13.9. The highest BCUT2D eigenvalue weighted by molar-refractivity contribution is 7.89. The van der Waals surface area contributed by atoms with Gasteiger partial charge in [-0.3, -0.25) is 0 Å². The third-order valence-electron chi connectivity index (χ3n) is 4.58. The maximum absolute atomic E-state index is 12.6. The molecule has 0 aromatic heterocycles. The van der Waals surface area contributed by atoms with Crippen LogP contribution in [-0.4, -0.2) is 37.0 Å². The molecule has 1 aromatic carbocycles. The average Bonchev–Trinajstić information content (AvgIpc) is 2.48. The number of hydrogen-bond donors (Lipinski definition) is 1. The van der Waals surface area contributed by atoms with Crippen LogP contribution in [0.25, 0.3) is 0 Å². The Balaban J connectivity index is 2.21. The summed E-state index contributed by atoms with van der Waals surface area (Å²) in [5.41, 5.74) is 1.20. The highest BCUT2D eigenvalue weighted by Gasteiger charge is 2.29. The Bertz CT molecular complexity index is 570. The van der Waals surface area contributed by atoms with Crippen LogP contribution in [0.5, 0.6) is 0 Å². The number of nitrogens with zero attached hydrogens (tertiary/aromatic N) is 1. The van der Waals surface area contributed by atoms with Crippen LogP contribution in [0.1, 0.15) is 45.6 Å². The van der Waals surface area contributed by atoms with Crippen molar-refractivity contribution in [2.45, 2.75) is 56.4 Å². The largest absolute Gasteiger partial charge is 0.393 e. The lowest BCUT2D eigenvalue weighted by atomic mass is 9.82. The first kappa shape index (κ1) is 16.5. The van der Waals surface area contributed by atoms with Gasteiger partial charge in [0.15, 0.2) is 0 Å². The minimum Gasteiger partial charge on any atom is -0.393 e. The molecule has 2 rings (SSSR count). The van der Waals surface area contributed by atoms with E-state index >= 15 is 0 Å². The lowest BCUT2D eigenvalue weighted by molar-refractivity contribution is 0.113. The second-order valence-electron chi connectivity index (χ2n) is 6.40. The summed E-state index contributed by atoms with van der Waals surface area (Å²) in [5, 5.41) is 9.49. The van der Waals surface area contributed by atoms with Gasteiger partial charge in [-0.1, -0.05) is 32.9 Å². The maximum Gasteiger partial charge on any atom is 0.243 e. The van der Waals surface area contributed by atoms with Crippen molar-refractivity contribution in [3.05, 3.63) is 29.8 Å². The zero-order valence-electron chi connectivity index (χ0n) is 13.0. The molecule has 1 saturated heterocycles. The molecule has 5 heteroatoms. The summed E-state index contributed by atoms with van der Waals surface area (Å²) in [6.07, 6.45) is 1.66. The van der Waals surface area contributed by atoms with Crippen LogP contribution in [0.3, 0.4) is 0 Å². The van der Waals surface area contributed by atoms with Gasteiger partial charge in [-0.05, 0) is 42.4 Å². The minimum absolute atomic E-state index is 0.0531. The molecule has 1 N–H and O–H groups in total. The molecule has 0 aliphatic carbocycles. The van der Waals surface area contributed by atoms with Crippen LogP contribution in [0.2, 0.25) is 0 Å². The Kier molecular flexibility index (Phi) is 4.76. The topological polar surface area (TPSA) is 57.6 Å². The molecule has 4 nitrogen and oxygen atoms in total. The number of piperidine rings is 1. The Morgan fingerprint density at radius 3 is 2.19 bits per heavy atom. The average molecular weight is 311 g/mol. The minimum atomic E-state index is -3.43. The standard InChI is InChI=1S/C16H25NO3S/c1-4-16(2,3)13-5-7-15(8-6-13)21(19,20)17-11-9-14(18)10-12-17/h5-8,14,18H,4,9-12H2,1-3H3. The van der Waals surface area contributed by atoms with Crippen LogP contribution in [0, 0.1) is 0 Å². The summed E-state index contributed by atoms with van der Waals surface area (Å²) in [7, 11) is -3.43. The van der Waals surface area contributed by atoms with Gasteiger partial charge in [0.1, 0.15) is 0 Å². The van der Waals surface area contributed by atoms with E-state index in [4.69, 9.17) is 0 Å². The second-order valence-corrected chi connectivity index (χ2v) is 8.34. The lowest BCUT2D eigenvalue weighted by Crippen LogP contribution is -2.40. The van der Waals surface area contributed by atoms with Gasteiger partial charge < -0.3 is 5.11 Å². The molecule has 0 spiro atoms. The number of hydrogen-bond acceptors (Lipinski definition) is 3. The van der Waals surface area contributed by atoms with E-state index in [9.17, 15) is 13.5 Å². The van der Waals surface area contributed by atoms with E-state index < -0.39 is 10.0 Å². The highest BCUT2D eigenvalue weighted by Crippen LogP contribution is 2.28. The van der Waals surface area contributed by atoms with E-state index in [2.05, 4.69) is 20.8 Å². The number of sulfonamides is 1. The SMILES string of the molecule is CCC(C)(C)c1ccc(S(=O)(=O)N2CCC(O)CC2)cc1. The van der Waals surface area contributed by atoms with Crippen molar-refractivity contribution >= 4 is 10.0 Å². The Morgan fingerprint density at radius 2 is 1.71 bits per heavy atom. The fourth-order valence-electron chi connectivity index (χ4n) is 2.51. The summed E-state index contributed by atoms with van der Waals surface area (Å²) in [6, 6.07) is 7.23. The maximum atomic E-state index is 12.6. The summed E-state index contributed by atoms with van der Waals surface area (Å²) >= 11 is 0. The first-order chi connectivity index (χ1) is 9.77. The zero-order chi connectivity index (χ0) is 15.7. The fourth-order valence-corrected chi connectivity index (χ4v) is 3.98. The Hall–Kier alpha value is -0.910. The van der Waals surface area contributed by atoms with Gasteiger partial charge in [0, 0.05) is 13.1 Å². The molecular formula is C16H25NO3S. The van der Waals surface area contributed by atoms with E-state index in [1.165, 1.54) is 4.31 Å². The van der Waals surface area contributed by atoms with E-state index in [-0.39, 0.29) is 11.5 Å². The predicted octanol–water partition coefficient (Wildman–Crippen LogP) is 2.52. The first-order valence-electron chi connectivity index (χ1n) is 7.56. The molecule has 0 amide bonds. The number of rotatable bonds is 4. The monoisotopic (exact) mass is 311 g/mol. The van der Waals surface area contributed by atoms with Crippen LogP contribution >= 0.6 is 0 Å². The molecule has 1 aromatic rings. The molecule has 21 heavy (non-hydrogen) atoms. The van der Waals surface area contributed by atoms with E-state index in [1.807, 2.05) is 12.1 Å². The first-order valence-corrected chi connectivity index (χ1v) is 9.00. The predicted molar refractivity (Wildman–Crippen MR) is 83.8 cm³/mol. The van der Waals surface area contributed by atoms with E-state index in [0.29, 0.717) is 30.8 Å². The molecule has 1 fully saturated rings. The molecule has 118 valence electrons. The van der Waals surface area contributed by atoms with Crippen LogP contribution in [0.4, 0.5) is 0 Å². The van der Waals surface area contributed by atoms with Crippen LogP contribution < -0.4 is 0 Å². The van der Waals surface area contributed by atoms with Gasteiger partial charge in [-0.15, -0.1) is 0 Å². The van der Waals surface area contributed by atoms with Crippen molar-refractivity contribution in [2.24, 2.45) is 0 Å². The normalized spacial score (nSPS) is 18.9. The van der Waals surface area contributed by atoms with Crippen molar-refractivity contribution in [3.63, 3.8) is 0 Å². The lowest BCUT2D eigenvalue weighted by Gasteiger charge is -2.29. The third-order valence-corrected chi connectivity index (χ3v) is 6.49. The summed E-state index contributed by atoms with van der Waals surface area (Å²) in [6.45, 7) is 7.23. The fraction of sp³-hybridized carbons (Fsp3) is 0.625.